The van der Waals surface area contributed by atoms with Gasteiger partial charge in [0.1, 0.15) is 11.3 Å². The Labute approximate surface area is 164 Å². The Morgan fingerprint density at radius 1 is 1.21 bits per heavy atom. The standard InChI is InChI=1S/C20H17N3O6/c1-11-3-4-12(19(26)27)9-16(11)21-10-15-17(24)22-20(28)23(18(15)25)13-5-7-14(29-2)8-6-13/h3-10,25H,1-2H3,(H,26,27)(H,22,24,28)/p-1. The van der Waals surface area contributed by atoms with Crippen molar-refractivity contribution in [1.29, 1.82) is 0 Å². The summed E-state index contributed by atoms with van der Waals surface area (Å²) >= 11 is 0. The van der Waals surface area contributed by atoms with Gasteiger partial charge in [-0.3, -0.25) is 14.8 Å². The predicted molar refractivity (Wildman–Crippen MR) is 104 cm³/mol. The molecule has 0 aliphatic carbocycles. The number of benzene rings is 2. The number of carboxylic acids is 1. The molecule has 148 valence electrons. The van der Waals surface area contributed by atoms with Crippen LogP contribution in [0.25, 0.3) is 5.69 Å². The average Bonchev–Trinajstić information content (AvgIpc) is 2.69. The molecule has 0 saturated heterocycles. The molecule has 3 rings (SSSR count). The van der Waals surface area contributed by atoms with Crippen LogP contribution in [0.2, 0.25) is 0 Å². The summed E-state index contributed by atoms with van der Waals surface area (Å²) in [6, 6.07) is 10.5. The number of carbonyl (C=O) groups excluding carboxylic acids is 1. The number of carbonyl (C=O) groups is 1. The van der Waals surface area contributed by atoms with Crippen LogP contribution in [0.5, 0.6) is 11.6 Å². The van der Waals surface area contributed by atoms with E-state index in [0.717, 1.165) is 10.8 Å². The predicted octanol–water partition coefficient (Wildman–Crippen LogP) is 0.663. The number of nitrogens with one attached hydrogen (secondary N) is 1. The quantitative estimate of drug-likeness (QED) is 0.610. The number of hydrogen-bond acceptors (Lipinski definition) is 7. The van der Waals surface area contributed by atoms with Crippen LogP contribution in [0.15, 0.2) is 57.0 Å². The van der Waals surface area contributed by atoms with E-state index in [1.807, 2.05) is 0 Å². The minimum atomic E-state index is -1.37. The molecule has 0 aliphatic rings. The molecular weight excluding hydrogens is 378 g/mol. The Kier molecular flexibility index (Phi) is 5.31. The van der Waals surface area contributed by atoms with E-state index < -0.39 is 23.1 Å². The number of rotatable bonds is 5. The normalized spacial score (nSPS) is 11.0. The van der Waals surface area contributed by atoms with Gasteiger partial charge < -0.3 is 19.7 Å². The molecule has 1 aromatic heterocycles. The van der Waals surface area contributed by atoms with Gasteiger partial charge in [-0.1, -0.05) is 12.1 Å². The third-order valence-corrected chi connectivity index (χ3v) is 4.23. The van der Waals surface area contributed by atoms with E-state index in [1.54, 1.807) is 25.1 Å². The second kappa shape index (κ2) is 7.85. The molecule has 2 aromatic carbocycles. The number of nitrogens with zero attached hydrogens (tertiary/aromatic N) is 2. The van der Waals surface area contributed by atoms with Crippen LogP contribution in [0.1, 0.15) is 21.5 Å². The number of aryl methyl sites for hydroxylation is 1. The van der Waals surface area contributed by atoms with E-state index in [4.69, 9.17) is 4.74 Å². The van der Waals surface area contributed by atoms with Gasteiger partial charge in [0.25, 0.3) is 5.56 Å². The van der Waals surface area contributed by atoms with E-state index in [0.29, 0.717) is 17.0 Å². The number of H-pyrrole nitrogens is 1. The second-order valence-corrected chi connectivity index (χ2v) is 6.08. The summed E-state index contributed by atoms with van der Waals surface area (Å²) in [5.74, 6) is -1.42. The molecule has 9 nitrogen and oxygen atoms in total. The van der Waals surface area contributed by atoms with Crippen molar-refractivity contribution in [2.45, 2.75) is 6.92 Å². The lowest BCUT2D eigenvalue weighted by molar-refractivity contribution is -0.255. The Balaban J connectivity index is 2.10. The molecule has 1 heterocycles. The van der Waals surface area contributed by atoms with E-state index in [2.05, 4.69) is 9.98 Å². The third-order valence-electron chi connectivity index (χ3n) is 4.23. The van der Waals surface area contributed by atoms with E-state index in [9.17, 15) is 24.6 Å². The van der Waals surface area contributed by atoms with Gasteiger partial charge in [-0.2, -0.15) is 0 Å². The molecule has 0 aliphatic heterocycles. The molecular formula is C20H16N3O6-. The van der Waals surface area contributed by atoms with Crippen LogP contribution in [-0.2, 0) is 0 Å². The van der Waals surface area contributed by atoms with Crippen LogP contribution in [0.4, 0.5) is 5.69 Å². The van der Waals surface area contributed by atoms with Gasteiger partial charge in [0.05, 0.1) is 24.5 Å². The van der Waals surface area contributed by atoms with Gasteiger partial charge in [0.15, 0.2) is 0 Å². The van der Waals surface area contributed by atoms with Crippen molar-refractivity contribution in [3.05, 3.63) is 80.0 Å². The summed E-state index contributed by atoms with van der Waals surface area (Å²) in [6.07, 6.45) is 1.06. The Bertz CT molecular complexity index is 1220. The van der Waals surface area contributed by atoms with Crippen LogP contribution >= 0.6 is 0 Å². The summed E-state index contributed by atoms with van der Waals surface area (Å²) < 4.78 is 5.97. The Morgan fingerprint density at radius 2 is 1.90 bits per heavy atom. The van der Waals surface area contributed by atoms with Gasteiger partial charge in [-0.15, -0.1) is 0 Å². The first kappa shape index (κ1) is 19.6. The molecule has 3 aromatic rings. The maximum Gasteiger partial charge on any atom is 0.335 e. The summed E-state index contributed by atoms with van der Waals surface area (Å²) in [5.41, 5.74) is -0.796. The molecule has 0 radical (unpaired) electrons. The second-order valence-electron chi connectivity index (χ2n) is 6.08. The van der Waals surface area contributed by atoms with Crippen molar-refractivity contribution in [1.82, 2.24) is 9.55 Å². The maximum absolute atomic E-state index is 12.2. The monoisotopic (exact) mass is 394 g/mol. The van der Waals surface area contributed by atoms with E-state index in [1.165, 1.54) is 31.4 Å². The summed E-state index contributed by atoms with van der Waals surface area (Å²) in [6.45, 7) is 1.70. The average molecular weight is 394 g/mol. The van der Waals surface area contributed by atoms with Gasteiger partial charge in [0, 0.05) is 6.21 Å². The summed E-state index contributed by atoms with van der Waals surface area (Å²) in [4.78, 5) is 41.6. The Morgan fingerprint density at radius 3 is 2.52 bits per heavy atom. The van der Waals surface area contributed by atoms with Crippen molar-refractivity contribution in [2.24, 2.45) is 4.99 Å². The Hall–Kier alpha value is -4.14. The molecule has 2 N–H and O–H groups in total. The maximum atomic E-state index is 12.2. The highest BCUT2D eigenvalue weighted by atomic mass is 16.5. The fourth-order valence-corrected chi connectivity index (χ4v) is 2.64. The van der Waals surface area contributed by atoms with Gasteiger partial charge in [0.2, 0.25) is 5.88 Å². The zero-order valence-electron chi connectivity index (χ0n) is 15.5. The number of carboxylic acid groups (broad SMARTS) is 1. The fraction of sp³-hybridized carbons (Fsp3) is 0.100. The van der Waals surface area contributed by atoms with Crippen LogP contribution < -0.4 is 21.1 Å². The molecule has 29 heavy (non-hydrogen) atoms. The van der Waals surface area contributed by atoms with Crippen molar-refractivity contribution in [2.75, 3.05) is 7.11 Å². The van der Waals surface area contributed by atoms with Crippen molar-refractivity contribution >= 4 is 17.9 Å². The third kappa shape index (κ3) is 3.93. The van der Waals surface area contributed by atoms with Gasteiger partial charge in [-0.25, -0.2) is 9.36 Å². The number of aromatic carboxylic acids is 1. The minimum Gasteiger partial charge on any atom is -0.545 e. The molecule has 0 saturated carbocycles. The van der Waals surface area contributed by atoms with Crippen molar-refractivity contribution in [3.8, 4) is 17.3 Å². The van der Waals surface area contributed by atoms with Crippen LogP contribution in [-0.4, -0.2) is 34.0 Å². The number of aromatic hydroxyl groups is 1. The van der Waals surface area contributed by atoms with E-state index in [-0.39, 0.29) is 16.8 Å². The lowest BCUT2D eigenvalue weighted by Gasteiger charge is -2.10. The van der Waals surface area contributed by atoms with Crippen LogP contribution in [0.3, 0.4) is 0 Å². The van der Waals surface area contributed by atoms with E-state index >= 15 is 0 Å². The SMILES string of the molecule is COc1ccc(-n2c(O)c(C=Nc3cc(C(=O)[O-])ccc3C)c(=O)[nH]c2=O)cc1. The molecule has 0 unspecified atom stereocenters. The van der Waals surface area contributed by atoms with Gasteiger partial charge in [-0.05, 0) is 48.4 Å². The largest absolute Gasteiger partial charge is 0.545 e. The molecule has 9 heteroatoms. The summed E-state index contributed by atoms with van der Waals surface area (Å²) in [5, 5.41) is 21.6. The zero-order valence-corrected chi connectivity index (χ0v) is 15.5. The molecule has 0 amide bonds. The smallest absolute Gasteiger partial charge is 0.335 e. The van der Waals surface area contributed by atoms with Gasteiger partial charge >= 0.3 is 5.69 Å². The lowest BCUT2D eigenvalue weighted by atomic mass is 10.1. The first-order chi connectivity index (χ1) is 13.8. The lowest BCUT2D eigenvalue weighted by Crippen LogP contribution is -2.31. The first-order valence-corrected chi connectivity index (χ1v) is 8.40. The van der Waals surface area contributed by atoms with Crippen molar-refractivity contribution < 1.29 is 19.7 Å². The minimum absolute atomic E-state index is 0.0796. The number of methoxy groups -OCH3 is 1. The number of aliphatic imine (C=N–C) groups is 1. The zero-order chi connectivity index (χ0) is 21.1. The highest BCUT2D eigenvalue weighted by Gasteiger charge is 2.14. The molecule has 0 bridgehead atoms. The van der Waals surface area contributed by atoms with Crippen LogP contribution in [0, 0.1) is 6.92 Å². The molecule has 0 atom stereocenters. The topological polar surface area (TPSA) is 137 Å². The molecule has 0 spiro atoms. The number of aromatic amines is 1. The number of aromatic nitrogens is 2. The first-order valence-electron chi connectivity index (χ1n) is 8.40. The number of ether oxygens (including phenoxy) is 1. The fourth-order valence-electron chi connectivity index (χ4n) is 2.64. The van der Waals surface area contributed by atoms with Crippen molar-refractivity contribution in [3.63, 3.8) is 0 Å². The summed E-state index contributed by atoms with van der Waals surface area (Å²) in [7, 11) is 1.49. The number of hydrogen-bond donors (Lipinski definition) is 2. The molecule has 0 fully saturated rings. The highest BCUT2D eigenvalue weighted by molar-refractivity contribution is 5.89. The highest BCUT2D eigenvalue weighted by Crippen LogP contribution is 2.22.